The van der Waals surface area contributed by atoms with Crippen molar-refractivity contribution in [3.8, 4) is 11.5 Å². The van der Waals surface area contributed by atoms with Gasteiger partial charge in [-0.05, 0) is 43.7 Å². The van der Waals surface area contributed by atoms with Gasteiger partial charge in [0.25, 0.3) is 0 Å². The van der Waals surface area contributed by atoms with Crippen LogP contribution in [0.4, 0.5) is 5.69 Å². The molecule has 0 saturated carbocycles. The molecule has 0 saturated heterocycles. The zero-order valence-corrected chi connectivity index (χ0v) is 19.5. The highest BCUT2D eigenvalue weighted by molar-refractivity contribution is 8.15. The van der Waals surface area contributed by atoms with Crippen molar-refractivity contribution in [3.63, 3.8) is 0 Å². The average molecular weight is 464 g/mol. The molecule has 1 aliphatic rings. The molecule has 2 aromatic carbocycles. The molecule has 3 rings (SSSR count). The van der Waals surface area contributed by atoms with Crippen LogP contribution in [0, 0.1) is 0 Å². The summed E-state index contributed by atoms with van der Waals surface area (Å²) < 4.78 is 16.5. The number of fused-ring (bicyclic) bond motifs is 1. The predicted octanol–water partition coefficient (Wildman–Crippen LogP) is 4.81. The fourth-order valence-electron chi connectivity index (χ4n) is 3.65. The quantitative estimate of drug-likeness (QED) is 0.491. The third-order valence-corrected chi connectivity index (χ3v) is 7.41. The normalized spacial score (nSPS) is 20.5. The second-order valence-electron chi connectivity index (χ2n) is 7.38. The van der Waals surface area contributed by atoms with Gasteiger partial charge in [-0.1, -0.05) is 29.6 Å². The van der Waals surface area contributed by atoms with Crippen LogP contribution in [0.15, 0.2) is 36.4 Å². The Bertz CT molecular complexity index is 1020. The summed E-state index contributed by atoms with van der Waals surface area (Å²) in [7, 11) is 2.29. The Balaban J connectivity index is 2.17. The lowest BCUT2D eigenvalue weighted by molar-refractivity contribution is -0.148. The lowest BCUT2D eigenvalue weighted by atomic mass is 10.0. The molecule has 8 heteroatoms. The van der Waals surface area contributed by atoms with Gasteiger partial charge >= 0.3 is 5.97 Å². The highest BCUT2D eigenvalue weighted by atomic mass is 35.5. The van der Waals surface area contributed by atoms with Crippen LogP contribution in [0.5, 0.6) is 11.5 Å². The van der Waals surface area contributed by atoms with Gasteiger partial charge in [0.05, 0.1) is 37.2 Å². The Morgan fingerprint density at radius 1 is 1.19 bits per heavy atom. The number of benzene rings is 2. The number of amides is 1. The molecule has 31 heavy (non-hydrogen) atoms. The van der Waals surface area contributed by atoms with Crippen molar-refractivity contribution < 1.29 is 23.8 Å². The molecule has 1 unspecified atom stereocenters. The smallest absolute Gasteiger partial charge is 0.307 e. The van der Waals surface area contributed by atoms with E-state index in [0.717, 1.165) is 11.1 Å². The molecule has 1 heterocycles. The number of carbonyl (C=O) groups is 2. The minimum absolute atomic E-state index is 0.0683. The van der Waals surface area contributed by atoms with Crippen molar-refractivity contribution in [2.75, 3.05) is 19.5 Å². The Morgan fingerprint density at radius 2 is 1.94 bits per heavy atom. The molecular weight excluding hydrogens is 438 g/mol. The van der Waals surface area contributed by atoms with E-state index in [-0.39, 0.29) is 23.7 Å². The number of esters is 1. The van der Waals surface area contributed by atoms with E-state index in [4.69, 9.17) is 25.8 Å². The number of rotatable bonds is 6. The maximum absolute atomic E-state index is 13.1. The molecule has 0 bridgehead atoms. The lowest BCUT2D eigenvalue weighted by Gasteiger charge is -2.27. The first-order chi connectivity index (χ1) is 14.8. The van der Waals surface area contributed by atoms with Crippen LogP contribution >= 0.6 is 22.1 Å². The number of anilines is 1. The molecule has 2 aromatic rings. The first-order valence-electron chi connectivity index (χ1n) is 9.79. The first kappa shape index (κ1) is 23.2. The predicted molar refractivity (Wildman–Crippen MR) is 126 cm³/mol. The summed E-state index contributed by atoms with van der Waals surface area (Å²) in [5.74, 6) is 4.78. The van der Waals surface area contributed by atoms with Crippen molar-refractivity contribution in [2.24, 2.45) is 0 Å². The zero-order chi connectivity index (χ0) is 22.7. The molecule has 0 spiro atoms. The molecule has 0 fully saturated rings. The van der Waals surface area contributed by atoms with Crippen molar-refractivity contribution >= 4 is 45.5 Å². The van der Waals surface area contributed by atoms with E-state index >= 15 is 0 Å². The van der Waals surface area contributed by atoms with E-state index in [2.05, 4.69) is 11.2 Å². The Kier molecular flexibility index (Phi) is 7.28. The van der Waals surface area contributed by atoms with Crippen LogP contribution in [0.2, 0.25) is 5.02 Å². The van der Waals surface area contributed by atoms with Gasteiger partial charge in [0.15, 0.2) is 11.5 Å². The van der Waals surface area contributed by atoms with Crippen LogP contribution in [-0.4, -0.2) is 43.3 Å². The van der Waals surface area contributed by atoms with Crippen LogP contribution in [0.25, 0.3) is 0 Å². The van der Waals surface area contributed by atoms with Crippen molar-refractivity contribution in [1.29, 1.82) is 0 Å². The SMILES string of the molecule is C=S1[C@H](c2cccc(OC)c2OC)c2cc(Cl)ccc2NC(=O)[C@H]1CC(=O)OC(C)C. The maximum atomic E-state index is 13.1. The van der Waals surface area contributed by atoms with Crippen molar-refractivity contribution in [2.45, 2.75) is 36.9 Å². The Hall–Kier alpha value is -2.51. The van der Waals surface area contributed by atoms with Crippen LogP contribution in [-0.2, 0) is 14.3 Å². The summed E-state index contributed by atoms with van der Waals surface area (Å²) >= 11 is 6.32. The average Bonchev–Trinajstić information content (AvgIpc) is 2.81. The molecule has 1 aliphatic heterocycles. The molecule has 3 atom stereocenters. The van der Waals surface area contributed by atoms with Gasteiger partial charge in [-0.25, -0.2) is 0 Å². The van der Waals surface area contributed by atoms with E-state index in [0.29, 0.717) is 22.2 Å². The zero-order valence-electron chi connectivity index (χ0n) is 17.9. The summed E-state index contributed by atoms with van der Waals surface area (Å²) in [5.41, 5.74) is 2.25. The molecule has 166 valence electrons. The second kappa shape index (κ2) is 9.75. The molecular formula is C23H26ClNO5S. The fraction of sp³-hybridized carbons (Fsp3) is 0.348. The summed E-state index contributed by atoms with van der Waals surface area (Å²) in [6.45, 7) is 3.55. The highest BCUT2D eigenvalue weighted by Gasteiger charge is 2.37. The maximum Gasteiger partial charge on any atom is 0.307 e. The molecule has 1 amide bonds. The summed E-state index contributed by atoms with van der Waals surface area (Å²) in [6, 6.07) is 10.9. The van der Waals surface area contributed by atoms with Gasteiger partial charge in [-0.2, -0.15) is 10.5 Å². The Morgan fingerprint density at radius 3 is 2.58 bits per heavy atom. The topological polar surface area (TPSA) is 73.9 Å². The number of carbonyl (C=O) groups excluding carboxylic acids is 2. The number of ether oxygens (including phenoxy) is 3. The summed E-state index contributed by atoms with van der Waals surface area (Å²) in [5, 5.41) is 2.45. The van der Waals surface area contributed by atoms with Gasteiger partial charge in [0.1, 0.15) is 0 Å². The first-order valence-corrected chi connectivity index (χ1v) is 11.7. The van der Waals surface area contributed by atoms with E-state index in [1.54, 1.807) is 46.3 Å². The highest BCUT2D eigenvalue weighted by Crippen LogP contribution is 2.52. The van der Waals surface area contributed by atoms with Crippen LogP contribution in [0.3, 0.4) is 0 Å². The second-order valence-corrected chi connectivity index (χ2v) is 9.80. The van der Waals surface area contributed by atoms with Gasteiger partial charge in [-0.3, -0.25) is 9.59 Å². The van der Waals surface area contributed by atoms with Crippen molar-refractivity contribution in [3.05, 3.63) is 52.5 Å². The van der Waals surface area contributed by atoms with E-state index in [1.165, 1.54) is 0 Å². The third kappa shape index (κ3) is 4.88. The minimum Gasteiger partial charge on any atom is -0.493 e. The van der Waals surface area contributed by atoms with Gasteiger partial charge in [0.2, 0.25) is 5.91 Å². The Labute approximate surface area is 189 Å². The number of hydrogen-bond donors (Lipinski definition) is 1. The number of nitrogens with one attached hydrogen (secondary N) is 1. The van der Waals surface area contributed by atoms with Gasteiger partial charge < -0.3 is 19.5 Å². The van der Waals surface area contributed by atoms with Crippen molar-refractivity contribution in [1.82, 2.24) is 0 Å². The van der Waals surface area contributed by atoms with E-state index in [9.17, 15) is 9.59 Å². The summed E-state index contributed by atoms with van der Waals surface area (Å²) in [4.78, 5) is 25.5. The molecule has 6 nitrogen and oxygen atoms in total. The molecule has 0 radical (unpaired) electrons. The number of hydrogen-bond acceptors (Lipinski definition) is 5. The third-order valence-electron chi connectivity index (χ3n) is 4.95. The largest absolute Gasteiger partial charge is 0.493 e. The minimum atomic E-state index is -0.848. The lowest BCUT2D eigenvalue weighted by Crippen LogP contribution is -2.29. The number of halogens is 1. The molecule has 1 N–H and O–H groups in total. The molecule has 0 aliphatic carbocycles. The standard InChI is InChI=1S/C23H26ClNO5S/c1-13(2)30-20(26)12-19-23(27)25-17-10-9-14(24)11-16(17)22(31(19)5)15-7-6-8-18(28-3)21(15)29-4/h6-11,13,19,22H,5,12H2,1-4H3,(H,25,27)/t19-,22-,31?/m1/s1. The van der Waals surface area contributed by atoms with Gasteiger partial charge in [-0.15, -0.1) is 0 Å². The number of para-hydroxylation sites is 1. The van der Waals surface area contributed by atoms with E-state index in [1.807, 2.05) is 18.2 Å². The fourth-order valence-corrected chi connectivity index (χ4v) is 5.88. The van der Waals surface area contributed by atoms with Crippen LogP contribution < -0.4 is 14.8 Å². The molecule has 0 aromatic heterocycles. The van der Waals surface area contributed by atoms with Crippen LogP contribution in [0.1, 0.15) is 36.6 Å². The van der Waals surface area contributed by atoms with E-state index < -0.39 is 21.7 Å². The number of methoxy groups -OCH3 is 2. The monoisotopic (exact) mass is 463 g/mol. The summed E-state index contributed by atoms with van der Waals surface area (Å²) in [6.07, 6.45) is -0.334. The van der Waals surface area contributed by atoms with Gasteiger partial charge in [0, 0.05) is 16.3 Å².